The highest BCUT2D eigenvalue weighted by molar-refractivity contribution is 6.20. The Bertz CT molecular complexity index is 473. The van der Waals surface area contributed by atoms with Gasteiger partial charge in [0.2, 0.25) is 5.91 Å². The second-order valence-electron chi connectivity index (χ2n) is 4.51. The van der Waals surface area contributed by atoms with Gasteiger partial charge in [0.15, 0.2) is 0 Å². The van der Waals surface area contributed by atoms with Crippen LogP contribution in [0, 0.1) is 0 Å². The molecule has 0 saturated carbocycles. The number of rotatable bonds is 5. The van der Waals surface area contributed by atoms with Crippen LogP contribution in [0.5, 0.6) is 5.75 Å². The summed E-state index contributed by atoms with van der Waals surface area (Å²) in [6.45, 7) is 2.93. The minimum atomic E-state index is -3.75. The Hall–Kier alpha value is -1.44. The zero-order valence-corrected chi connectivity index (χ0v) is 11.9. The van der Waals surface area contributed by atoms with Crippen molar-refractivity contribution in [1.82, 2.24) is 4.90 Å². The Morgan fingerprint density at radius 1 is 1.33 bits per heavy atom. The molecule has 1 amide bonds. The summed E-state index contributed by atoms with van der Waals surface area (Å²) >= 11 is 4.66. The van der Waals surface area contributed by atoms with Gasteiger partial charge in [-0.05, 0) is 24.3 Å². The topological polar surface area (TPSA) is 50.8 Å². The molecule has 0 bridgehead atoms. The summed E-state index contributed by atoms with van der Waals surface area (Å²) in [7, 11) is 0. The van der Waals surface area contributed by atoms with E-state index in [-0.39, 0.29) is 18.2 Å². The number of carbonyl (C=O) groups excluding carboxylic acids is 1. The van der Waals surface area contributed by atoms with Gasteiger partial charge in [-0.25, -0.2) is 0 Å². The van der Waals surface area contributed by atoms with Crippen LogP contribution in [0.2, 0.25) is 0 Å². The molecule has 0 aliphatic carbocycles. The van der Waals surface area contributed by atoms with Gasteiger partial charge in [0.05, 0.1) is 19.8 Å². The van der Waals surface area contributed by atoms with Crippen LogP contribution in [0.3, 0.4) is 0 Å². The lowest BCUT2D eigenvalue weighted by molar-refractivity contribution is -0.118. The van der Waals surface area contributed by atoms with Crippen LogP contribution in [0.15, 0.2) is 24.3 Å². The number of morpholine rings is 1. The van der Waals surface area contributed by atoms with Crippen LogP contribution in [-0.2, 0) is 9.53 Å². The molecule has 1 N–H and O–H groups in total. The zero-order chi connectivity index (χ0) is 15.3. The van der Waals surface area contributed by atoms with Crippen LogP contribution < -0.4 is 10.1 Å². The first-order valence-electron chi connectivity index (χ1n) is 6.38. The Morgan fingerprint density at radius 3 is 2.52 bits per heavy atom. The highest BCUT2D eigenvalue weighted by Gasteiger charge is 2.27. The average Bonchev–Trinajstić information content (AvgIpc) is 2.40. The van der Waals surface area contributed by atoms with E-state index in [2.05, 4.69) is 21.7 Å². The number of anilines is 1. The molecule has 5 nitrogen and oxygen atoms in total. The maximum absolute atomic E-state index is 12.4. The van der Waals surface area contributed by atoms with Crippen LogP contribution in [0.4, 0.5) is 14.5 Å². The number of carbonyl (C=O) groups is 1. The fraction of sp³-hybridized carbons (Fsp3) is 0.462. The number of nitrogens with one attached hydrogen (secondary N) is 1. The minimum Gasteiger partial charge on any atom is -0.420 e. The van der Waals surface area contributed by atoms with Crippen LogP contribution >= 0.6 is 11.6 Å². The highest BCUT2D eigenvalue weighted by Crippen LogP contribution is 2.25. The van der Waals surface area contributed by atoms with Crippen LogP contribution in [0.1, 0.15) is 0 Å². The third kappa shape index (κ3) is 5.82. The van der Waals surface area contributed by atoms with Crippen molar-refractivity contribution in [2.45, 2.75) is 5.57 Å². The van der Waals surface area contributed by atoms with Crippen LogP contribution in [-0.4, -0.2) is 49.2 Å². The van der Waals surface area contributed by atoms with Gasteiger partial charge >= 0.3 is 5.57 Å². The SMILES string of the molecule is O=C(CN1CCOCC1)Nc1ccc(OC(F)(F)Cl)cc1. The summed E-state index contributed by atoms with van der Waals surface area (Å²) in [6, 6.07) is 5.55. The average molecular weight is 321 g/mol. The minimum absolute atomic E-state index is 0.0822. The lowest BCUT2D eigenvalue weighted by Crippen LogP contribution is -2.41. The monoisotopic (exact) mass is 320 g/mol. The molecule has 0 radical (unpaired) electrons. The maximum Gasteiger partial charge on any atom is 0.487 e. The van der Waals surface area contributed by atoms with Gasteiger partial charge in [-0.15, -0.1) is 8.78 Å². The largest absolute Gasteiger partial charge is 0.487 e. The fourth-order valence-electron chi connectivity index (χ4n) is 1.90. The second-order valence-corrected chi connectivity index (χ2v) is 4.95. The standard InChI is InChI=1S/C13H15ClF2N2O3/c14-13(15,16)21-11-3-1-10(2-4-11)17-12(19)9-18-5-7-20-8-6-18/h1-4H,5-9H2,(H,17,19). The van der Waals surface area contributed by atoms with Crippen LogP contribution in [0.25, 0.3) is 0 Å². The number of alkyl halides is 3. The fourth-order valence-corrected chi connectivity index (χ4v) is 1.99. The van der Waals surface area contributed by atoms with Gasteiger partial charge in [-0.1, -0.05) is 0 Å². The van der Waals surface area contributed by atoms with E-state index in [1.54, 1.807) is 0 Å². The number of halogens is 3. The van der Waals surface area contributed by atoms with E-state index in [1.165, 1.54) is 24.3 Å². The number of hydrogen-bond donors (Lipinski definition) is 1. The first-order chi connectivity index (χ1) is 9.92. The van der Waals surface area contributed by atoms with Gasteiger partial charge in [-0.3, -0.25) is 9.69 Å². The van der Waals surface area contributed by atoms with Crippen molar-refractivity contribution in [3.8, 4) is 5.75 Å². The van der Waals surface area contributed by atoms with Gasteiger partial charge < -0.3 is 14.8 Å². The number of hydrogen-bond acceptors (Lipinski definition) is 4. The highest BCUT2D eigenvalue weighted by atomic mass is 35.5. The van der Waals surface area contributed by atoms with Gasteiger partial charge in [-0.2, -0.15) is 0 Å². The summed E-state index contributed by atoms with van der Waals surface area (Å²) in [5.41, 5.74) is -3.25. The van der Waals surface area contributed by atoms with Crippen molar-refractivity contribution in [3.63, 3.8) is 0 Å². The van der Waals surface area contributed by atoms with Crippen molar-refractivity contribution in [2.24, 2.45) is 0 Å². The third-order valence-corrected chi connectivity index (χ3v) is 2.92. The quantitative estimate of drug-likeness (QED) is 0.844. The van der Waals surface area contributed by atoms with Crippen molar-refractivity contribution in [3.05, 3.63) is 24.3 Å². The molecule has 1 aromatic rings. The number of benzene rings is 1. The molecular weight excluding hydrogens is 306 g/mol. The first-order valence-corrected chi connectivity index (χ1v) is 6.76. The lowest BCUT2D eigenvalue weighted by Gasteiger charge is -2.25. The molecule has 116 valence electrons. The Labute approximate surface area is 125 Å². The Kier molecular flexibility index (Phi) is 5.33. The van der Waals surface area contributed by atoms with Crippen molar-refractivity contribution in [2.75, 3.05) is 38.2 Å². The predicted molar refractivity (Wildman–Crippen MR) is 73.8 cm³/mol. The Morgan fingerprint density at radius 2 is 1.95 bits per heavy atom. The second kappa shape index (κ2) is 7.02. The number of ether oxygens (including phenoxy) is 2. The Balaban J connectivity index is 1.83. The number of amides is 1. The molecule has 0 atom stereocenters. The molecule has 1 aliphatic heterocycles. The van der Waals surface area contributed by atoms with Gasteiger partial charge in [0.25, 0.3) is 0 Å². The molecule has 0 spiro atoms. The summed E-state index contributed by atoms with van der Waals surface area (Å²) < 4.78 is 34.2. The smallest absolute Gasteiger partial charge is 0.420 e. The molecule has 1 heterocycles. The maximum atomic E-state index is 12.4. The molecule has 1 saturated heterocycles. The predicted octanol–water partition coefficient (Wildman–Crippen LogP) is 2.13. The summed E-state index contributed by atoms with van der Waals surface area (Å²) in [5.74, 6) is -0.255. The van der Waals surface area contributed by atoms with Crippen molar-refractivity contribution in [1.29, 1.82) is 0 Å². The van der Waals surface area contributed by atoms with E-state index < -0.39 is 5.57 Å². The van der Waals surface area contributed by atoms with E-state index >= 15 is 0 Å². The van der Waals surface area contributed by atoms with E-state index in [0.29, 0.717) is 32.0 Å². The van der Waals surface area contributed by atoms with E-state index in [4.69, 9.17) is 4.74 Å². The van der Waals surface area contributed by atoms with E-state index in [0.717, 1.165) is 0 Å². The van der Waals surface area contributed by atoms with Crippen molar-refractivity contribution >= 4 is 23.2 Å². The molecule has 1 fully saturated rings. The normalized spacial score (nSPS) is 16.5. The first kappa shape index (κ1) is 15.9. The molecule has 0 unspecified atom stereocenters. The van der Waals surface area contributed by atoms with Gasteiger partial charge in [0, 0.05) is 30.4 Å². The molecule has 2 rings (SSSR count). The molecule has 1 aliphatic rings. The number of nitrogens with zero attached hydrogens (tertiary/aromatic N) is 1. The lowest BCUT2D eigenvalue weighted by atomic mass is 10.3. The van der Waals surface area contributed by atoms with E-state index in [1.807, 2.05) is 4.90 Å². The molecule has 8 heteroatoms. The van der Waals surface area contributed by atoms with Gasteiger partial charge in [0.1, 0.15) is 5.75 Å². The zero-order valence-electron chi connectivity index (χ0n) is 11.2. The third-order valence-electron chi connectivity index (χ3n) is 2.84. The summed E-state index contributed by atoms with van der Waals surface area (Å²) in [5, 5.41) is 2.68. The molecule has 21 heavy (non-hydrogen) atoms. The molecular formula is C13H15ClF2N2O3. The van der Waals surface area contributed by atoms with E-state index in [9.17, 15) is 13.6 Å². The molecule has 0 aromatic heterocycles. The summed E-state index contributed by atoms with van der Waals surface area (Å²) in [4.78, 5) is 13.8. The van der Waals surface area contributed by atoms with Crippen molar-refractivity contribution < 1.29 is 23.0 Å². The summed E-state index contributed by atoms with van der Waals surface area (Å²) in [6.07, 6.45) is 0. The molecule has 1 aromatic carbocycles.